The second-order valence-electron chi connectivity index (χ2n) is 5.02. The minimum absolute atomic E-state index is 0.124. The lowest BCUT2D eigenvalue weighted by molar-refractivity contribution is 0.183. The molecule has 0 saturated carbocycles. The Morgan fingerprint density at radius 1 is 1.15 bits per heavy atom. The van der Waals surface area contributed by atoms with E-state index in [1.165, 1.54) is 5.56 Å². The number of aryl methyl sites for hydroxylation is 3. The summed E-state index contributed by atoms with van der Waals surface area (Å²) in [6.07, 6.45) is 0. The number of benzene rings is 1. The monoisotopic (exact) mass is 275 g/mol. The number of aliphatic hydroxyl groups is 1. The van der Waals surface area contributed by atoms with E-state index in [9.17, 15) is 5.11 Å². The van der Waals surface area contributed by atoms with Crippen LogP contribution in [-0.2, 0) is 17.9 Å². The summed E-state index contributed by atoms with van der Waals surface area (Å²) in [7, 11) is 1.66. The van der Waals surface area contributed by atoms with Crippen molar-refractivity contribution in [2.45, 2.75) is 33.9 Å². The second-order valence-corrected chi connectivity index (χ2v) is 5.02. The molecule has 0 atom stereocenters. The van der Waals surface area contributed by atoms with E-state index in [1.807, 2.05) is 4.57 Å². The Hall–Kier alpha value is -1.72. The topological polar surface area (TPSA) is 60.2 Å². The molecule has 0 aliphatic carbocycles. The quantitative estimate of drug-likeness (QED) is 0.906. The van der Waals surface area contributed by atoms with Crippen molar-refractivity contribution in [1.82, 2.24) is 14.8 Å². The molecule has 1 aromatic heterocycles. The molecule has 2 rings (SSSR count). The Kier molecular flexibility index (Phi) is 4.52. The number of aliphatic hydroxyl groups excluding tert-OH is 1. The third-order valence-electron chi connectivity index (χ3n) is 3.39. The number of methoxy groups -OCH3 is 1. The third-order valence-corrected chi connectivity index (χ3v) is 3.39. The van der Waals surface area contributed by atoms with Crippen molar-refractivity contribution in [2.75, 3.05) is 13.7 Å². The van der Waals surface area contributed by atoms with Gasteiger partial charge in [-0.3, -0.25) is 0 Å². The maximum Gasteiger partial charge on any atom is 0.164 e. The first-order chi connectivity index (χ1) is 9.58. The summed E-state index contributed by atoms with van der Waals surface area (Å²) >= 11 is 0. The number of ether oxygens (including phenoxy) is 1. The maximum atomic E-state index is 9.40. The molecular weight excluding hydrogens is 254 g/mol. The molecule has 1 N–H and O–H groups in total. The van der Waals surface area contributed by atoms with Crippen LogP contribution in [0.25, 0.3) is 11.4 Å². The zero-order chi connectivity index (χ0) is 14.7. The van der Waals surface area contributed by atoms with E-state index in [0.29, 0.717) is 19.0 Å². The Balaban J connectivity index is 2.55. The molecule has 0 saturated heterocycles. The lowest BCUT2D eigenvalue weighted by Gasteiger charge is -2.13. The van der Waals surface area contributed by atoms with Gasteiger partial charge >= 0.3 is 0 Å². The summed E-state index contributed by atoms with van der Waals surface area (Å²) in [5.74, 6) is 1.36. The van der Waals surface area contributed by atoms with Gasteiger partial charge in [-0.1, -0.05) is 17.7 Å². The average molecular weight is 275 g/mol. The third kappa shape index (κ3) is 2.73. The highest BCUT2D eigenvalue weighted by molar-refractivity contribution is 5.65. The van der Waals surface area contributed by atoms with Crippen LogP contribution in [0.4, 0.5) is 0 Å². The van der Waals surface area contributed by atoms with Gasteiger partial charge in [0.05, 0.1) is 6.61 Å². The highest BCUT2D eigenvalue weighted by Gasteiger charge is 2.16. The lowest BCUT2D eigenvalue weighted by Crippen LogP contribution is -2.10. The Bertz CT molecular complexity index is 582. The van der Waals surface area contributed by atoms with Gasteiger partial charge in [-0.2, -0.15) is 0 Å². The largest absolute Gasteiger partial charge is 0.388 e. The second kappa shape index (κ2) is 6.15. The predicted octanol–water partition coefficient (Wildman–Crippen LogP) is 2.01. The van der Waals surface area contributed by atoms with Gasteiger partial charge in [0.25, 0.3) is 0 Å². The van der Waals surface area contributed by atoms with Gasteiger partial charge in [-0.25, -0.2) is 0 Å². The molecule has 0 fully saturated rings. The molecule has 1 heterocycles. The summed E-state index contributed by atoms with van der Waals surface area (Å²) in [5.41, 5.74) is 4.64. The summed E-state index contributed by atoms with van der Waals surface area (Å²) < 4.78 is 7.05. The van der Waals surface area contributed by atoms with Crippen LogP contribution in [0.1, 0.15) is 22.5 Å². The number of hydrogen-bond acceptors (Lipinski definition) is 4. The fourth-order valence-electron chi connectivity index (χ4n) is 2.59. The zero-order valence-corrected chi connectivity index (χ0v) is 12.5. The number of rotatable bonds is 5. The van der Waals surface area contributed by atoms with E-state index in [2.05, 4.69) is 43.1 Å². The van der Waals surface area contributed by atoms with Gasteiger partial charge in [0.15, 0.2) is 11.6 Å². The average Bonchev–Trinajstić information content (AvgIpc) is 2.78. The van der Waals surface area contributed by atoms with Crippen molar-refractivity contribution in [2.24, 2.45) is 0 Å². The first kappa shape index (κ1) is 14.7. The minimum Gasteiger partial charge on any atom is -0.388 e. The van der Waals surface area contributed by atoms with Crippen LogP contribution in [-0.4, -0.2) is 33.6 Å². The van der Waals surface area contributed by atoms with Gasteiger partial charge < -0.3 is 14.4 Å². The van der Waals surface area contributed by atoms with E-state index in [0.717, 1.165) is 22.5 Å². The molecule has 5 nitrogen and oxygen atoms in total. The van der Waals surface area contributed by atoms with Crippen LogP contribution in [0.5, 0.6) is 0 Å². The van der Waals surface area contributed by atoms with Gasteiger partial charge in [-0.05, 0) is 31.9 Å². The molecule has 0 amide bonds. The molecule has 108 valence electrons. The SMILES string of the molecule is COCCn1c(CO)nnc1-c1c(C)cc(C)cc1C. The van der Waals surface area contributed by atoms with Crippen molar-refractivity contribution in [1.29, 1.82) is 0 Å². The van der Waals surface area contributed by atoms with Crippen LogP contribution in [0, 0.1) is 20.8 Å². The summed E-state index contributed by atoms with van der Waals surface area (Å²) in [5, 5.41) is 17.7. The van der Waals surface area contributed by atoms with Crippen LogP contribution < -0.4 is 0 Å². The predicted molar refractivity (Wildman–Crippen MR) is 77.5 cm³/mol. The van der Waals surface area contributed by atoms with Crippen LogP contribution in [0.3, 0.4) is 0 Å². The Labute approximate surface area is 119 Å². The zero-order valence-electron chi connectivity index (χ0n) is 12.5. The summed E-state index contributed by atoms with van der Waals surface area (Å²) in [6, 6.07) is 4.27. The molecule has 2 aromatic rings. The molecule has 1 aromatic carbocycles. The highest BCUT2D eigenvalue weighted by Crippen LogP contribution is 2.27. The molecule has 0 spiro atoms. The van der Waals surface area contributed by atoms with Crippen LogP contribution in [0.2, 0.25) is 0 Å². The molecule has 0 radical (unpaired) electrons. The highest BCUT2D eigenvalue weighted by atomic mass is 16.5. The van der Waals surface area contributed by atoms with Crippen molar-refractivity contribution in [3.05, 3.63) is 34.6 Å². The van der Waals surface area contributed by atoms with Crippen LogP contribution >= 0.6 is 0 Å². The fraction of sp³-hybridized carbons (Fsp3) is 0.467. The fourth-order valence-corrected chi connectivity index (χ4v) is 2.59. The van der Waals surface area contributed by atoms with Gasteiger partial charge in [0, 0.05) is 19.2 Å². The summed E-state index contributed by atoms with van der Waals surface area (Å²) in [4.78, 5) is 0. The number of nitrogens with zero attached hydrogens (tertiary/aromatic N) is 3. The molecular formula is C15H21N3O2. The van der Waals surface area contributed by atoms with Crippen molar-refractivity contribution in [3.8, 4) is 11.4 Å². The van der Waals surface area contributed by atoms with Gasteiger partial charge in [0.2, 0.25) is 0 Å². The van der Waals surface area contributed by atoms with Crippen molar-refractivity contribution in [3.63, 3.8) is 0 Å². The van der Waals surface area contributed by atoms with Crippen molar-refractivity contribution < 1.29 is 9.84 Å². The van der Waals surface area contributed by atoms with Gasteiger partial charge in [0.1, 0.15) is 6.61 Å². The maximum absolute atomic E-state index is 9.40. The van der Waals surface area contributed by atoms with Crippen molar-refractivity contribution >= 4 is 0 Å². The molecule has 20 heavy (non-hydrogen) atoms. The first-order valence-corrected chi connectivity index (χ1v) is 6.68. The Morgan fingerprint density at radius 3 is 2.35 bits per heavy atom. The standard InChI is InChI=1S/C15H21N3O2/c1-10-7-11(2)14(12(3)8-10)15-17-16-13(9-19)18(15)5-6-20-4/h7-8,19H,5-6,9H2,1-4H3. The minimum atomic E-state index is -0.124. The molecule has 0 aliphatic rings. The number of hydrogen-bond donors (Lipinski definition) is 1. The lowest BCUT2D eigenvalue weighted by atomic mass is 9.99. The van der Waals surface area contributed by atoms with E-state index in [-0.39, 0.29) is 6.61 Å². The number of aromatic nitrogens is 3. The molecule has 0 aliphatic heterocycles. The van der Waals surface area contributed by atoms with E-state index in [4.69, 9.17) is 4.74 Å². The molecule has 5 heteroatoms. The molecule has 0 unspecified atom stereocenters. The van der Waals surface area contributed by atoms with Crippen LogP contribution in [0.15, 0.2) is 12.1 Å². The van der Waals surface area contributed by atoms with E-state index < -0.39 is 0 Å². The normalized spacial score (nSPS) is 11.1. The van der Waals surface area contributed by atoms with E-state index in [1.54, 1.807) is 7.11 Å². The first-order valence-electron chi connectivity index (χ1n) is 6.68. The molecule has 0 bridgehead atoms. The summed E-state index contributed by atoms with van der Waals surface area (Å²) in [6.45, 7) is 7.29. The Morgan fingerprint density at radius 2 is 1.80 bits per heavy atom. The van der Waals surface area contributed by atoms with Gasteiger partial charge in [-0.15, -0.1) is 10.2 Å². The van der Waals surface area contributed by atoms with E-state index >= 15 is 0 Å². The smallest absolute Gasteiger partial charge is 0.164 e.